The van der Waals surface area contributed by atoms with Crippen LogP contribution in [0, 0.1) is 0 Å². The zero-order valence-electron chi connectivity index (χ0n) is 15.1. The molecule has 1 amide bonds. The van der Waals surface area contributed by atoms with Gasteiger partial charge in [-0.15, -0.1) is 0 Å². The molecule has 0 saturated carbocycles. The van der Waals surface area contributed by atoms with Gasteiger partial charge in [0, 0.05) is 19.3 Å². The molecule has 144 valence electrons. The van der Waals surface area contributed by atoms with Crippen LogP contribution in [-0.4, -0.2) is 56.4 Å². The van der Waals surface area contributed by atoms with Gasteiger partial charge < -0.3 is 14.7 Å². The standard InChI is InChI=1S/C19H18N4O5/c1-28-17(24)12-4-6-13(7-5-12)22-15-3-2-9-20-16(15)23(18(22)25)14-8-10-21(11-14)19(26)27/h2-7,9,14H,8,10-11H2,1H3,(H,26,27). The molecule has 4 rings (SSSR count). The summed E-state index contributed by atoms with van der Waals surface area (Å²) in [6, 6.07) is 9.77. The summed E-state index contributed by atoms with van der Waals surface area (Å²) >= 11 is 0. The normalized spacial score (nSPS) is 16.5. The van der Waals surface area contributed by atoms with Crippen LogP contribution in [0.5, 0.6) is 0 Å². The van der Waals surface area contributed by atoms with Crippen molar-refractivity contribution in [3.05, 3.63) is 58.6 Å². The zero-order chi connectivity index (χ0) is 19.8. The Kier molecular flexibility index (Phi) is 4.34. The van der Waals surface area contributed by atoms with E-state index in [1.807, 2.05) is 0 Å². The molecule has 1 atom stereocenters. The van der Waals surface area contributed by atoms with E-state index >= 15 is 0 Å². The molecule has 1 saturated heterocycles. The molecular formula is C19H18N4O5. The van der Waals surface area contributed by atoms with Crippen molar-refractivity contribution < 1.29 is 19.4 Å². The molecule has 0 spiro atoms. The van der Waals surface area contributed by atoms with E-state index < -0.39 is 12.1 Å². The minimum atomic E-state index is -0.995. The summed E-state index contributed by atoms with van der Waals surface area (Å²) in [7, 11) is 1.31. The van der Waals surface area contributed by atoms with Gasteiger partial charge in [-0.2, -0.15) is 0 Å². The minimum Gasteiger partial charge on any atom is -0.465 e. The van der Waals surface area contributed by atoms with Crippen molar-refractivity contribution in [2.24, 2.45) is 0 Å². The number of carbonyl (C=O) groups is 2. The van der Waals surface area contributed by atoms with Gasteiger partial charge >= 0.3 is 17.8 Å². The number of esters is 1. The summed E-state index contributed by atoms with van der Waals surface area (Å²) in [4.78, 5) is 41.8. The molecule has 1 aliphatic heterocycles. The second-order valence-electron chi connectivity index (χ2n) is 6.54. The van der Waals surface area contributed by atoms with Crippen LogP contribution in [0.15, 0.2) is 47.4 Å². The number of rotatable bonds is 3. The molecule has 9 nitrogen and oxygen atoms in total. The van der Waals surface area contributed by atoms with Crippen molar-refractivity contribution in [3.63, 3.8) is 0 Å². The minimum absolute atomic E-state index is 0.242. The van der Waals surface area contributed by atoms with E-state index in [1.54, 1.807) is 47.2 Å². The number of nitrogens with zero attached hydrogens (tertiary/aromatic N) is 4. The lowest BCUT2D eigenvalue weighted by molar-refractivity contribution is 0.0600. The number of hydrogen-bond acceptors (Lipinski definition) is 5. The Labute approximate surface area is 159 Å². The summed E-state index contributed by atoms with van der Waals surface area (Å²) in [6.07, 6.45) is 1.15. The van der Waals surface area contributed by atoms with E-state index in [4.69, 9.17) is 4.74 Å². The predicted octanol–water partition coefficient (Wildman–Crippen LogP) is 1.90. The van der Waals surface area contributed by atoms with Crippen molar-refractivity contribution in [2.75, 3.05) is 20.2 Å². The fourth-order valence-corrected chi connectivity index (χ4v) is 3.62. The molecule has 1 aromatic carbocycles. The van der Waals surface area contributed by atoms with E-state index in [0.717, 1.165) is 0 Å². The summed E-state index contributed by atoms with van der Waals surface area (Å²) in [5, 5.41) is 9.21. The Bertz CT molecular complexity index is 1120. The van der Waals surface area contributed by atoms with Crippen LogP contribution in [0.1, 0.15) is 22.8 Å². The molecule has 3 heterocycles. The lowest BCUT2D eigenvalue weighted by Gasteiger charge is -2.13. The topological polar surface area (TPSA) is 107 Å². The Hall–Kier alpha value is -3.62. The number of aromatic nitrogens is 3. The fraction of sp³-hybridized carbons (Fsp3) is 0.263. The van der Waals surface area contributed by atoms with Crippen molar-refractivity contribution in [1.29, 1.82) is 0 Å². The summed E-state index contributed by atoms with van der Waals surface area (Å²) < 4.78 is 7.79. The molecular weight excluding hydrogens is 364 g/mol. The molecule has 28 heavy (non-hydrogen) atoms. The third-order valence-corrected chi connectivity index (χ3v) is 4.98. The molecule has 0 bridgehead atoms. The predicted molar refractivity (Wildman–Crippen MR) is 99.9 cm³/mol. The van der Waals surface area contributed by atoms with Gasteiger partial charge in [0.2, 0.25) is 0 Å². The van der Waals surface area contributed by atoms with Crippen LogP contribution in [-0.2, 0) is 4.74 Å². The van der Waals surface area contributed by atoms with E-state index in [1.165, 1.54) is 16.6 Å². The van der Waals surface area contributed by atoms with Crippen molar-refractivity contribution in [3.8, 4) is 5.69 Å². The van der Waals surface area contributed by atoms with E-state index in [9.17, 15) is 19.5 Å². The highest BCUT2D eigenvalue weighted by Gasteiger charge is 2.31. The van der Waals surface area contributed by atoms with Crippen LogP contribution in [0.4, 0.5) is 4.79 Å². The first-order chi connectivity index (χ1) is 13.5. The summed E-state index contributed by atoms with van der Waals surface area (Å²) in [5.74, 6) is -0.456. The molecule has 2 aromatic heterocycles. The Morgan fingerprint density at radius 2 is 1.96 bits per heavy atom. The van der Waals surface area contributed by atoms with Crippen LogP contribution >= 0.6 is 0 Å². The molecule has 9 heteroatoms. The smallest absolute Gasteiger partial charge is 0.407 e. The maximum absolute atomic E-state index is 13.3. The first-order valence-electron chi connectivity index (χ1n) is 8.76. The van der Waals surface area contributed by atoms with E-state index in [2.05, 4.69) is 4.98 Å². The second kappa shape index (κ2) is 6.84. The largest absolute Gasteiger partial charge is 0.465 e. The second-order valence-corrected chi connectivity index (χ2v) is 6.54. The average molecular weight is 382 g/mol. The van der Waals surface area contributed by atoms with E-state index in [0.29, 0.717) is 35.4 Å². The molecule has 1 N–H and O–H groups in total. The molecule has 3 aromatic rings. The number of likely N-dealkylation sites (tertiary alicyclic amines) is 1. The number of ether oxygens (including phenoxy) is 1. The summed E-state index contributed by atoms with van der Waals surface area (Å²) in [5.41, 5.74) is 1.79. The molecule has 0 aliphatic carbocycles. The van der Waals surface area contributed by atoms with E-state index in [-0.39, 0.29) is 18.3 Å². The van der Waals surface area contributed by atoms with Crippen molar-refractivity contribution >= 4 is 23.2 Å². The highest BCUT2D eigenvalue weighted by Crippen LogP contribution is 2.25. The maximum Gasteiger partial charge on any atom is 0.407 e. The van der Waals surface area contributed by atoms with Crippen LogP contribution in [0.25, 0.3) is 16.9 Å². The van der Waals surface area contributed by atoms with Gasteiger partial charge in [-0.25, -0.2) is 19.4 Å². The molecule has 0 radical (unpaired) electrons. The van der Waals surface area contributed by atoms with Crippen molar-refractivity contribution in [2.45, 2.75) is 12.5 Å². The number of carbonyl (C=O) groups excluding carboxylic acids is 1. The Morgan fingerprint density at radius 1 is 1.21 bits per heavy atom. The van der Waals surface area contributed by atoms with Crippen molar-refractivity contribution in [1.82, 2.24) is 19.0 Å². The average Bonchev–Trinajstić information content (AvgIpc) is 3.29. The van der Waals surface area contributed by atoms with Gasteiger partial charge in [0.15, 0.2) is 5.65 Å². The number of pyridine rings is 1. The number of fused-ring (bicyclic) bond motifs is 1. The van der Waals surface area contributed by atoms with Gasteiger partial charge in [-0.05, 0) is 42.8 Å². The van der Waals surface area contributed by atoms with Crippen LogP contribution in [0.3, 0.4) is 0 Å². The first-order valence-corrected chi connectivity index (χ1v) is 8.76. The fourth-order valence-electron chi connectivity index (χ4n) is 3.62. The third-order valence-electron chi connectivity index (χ3n) is 4.98. The lowest BCUT2D eigenvalue weighted by atomic mass is 10.2. The first kappa shape index (κ1) is 17.8. The number of methoxy groups -OCH3 is 1. The quantitative estimate of drug-likeness (QED) is 0.694. The van der Waals surface area contributed by atoms with Gasteiger partial charge in [-0.1, -0.05) is 0 Å². The lowest BCUT2D eigenvalue weighted by Crippen LogP contribution is -2.31. The third kappa shape index (κ3) is 2.81. The number of hydrogen-bond donors (Lipinski definition) is 1. The van der Waals surface area contributed by atoms with Gasteiger partial charge in [-0.3, -0.25) is 9.13 Å². The molecule has 1 fully saturated rings. The monoisotopic (exact) mass is 382 g/mol. The number of imidazole rings is 1. The zero-order valence-corrected chi connectivity index (χ0v) is 15.1. The Morgan fingerprint density at radius 3 is 2.61 bits per heavy atom. The van der Waals surface area contributed by atoms with Crippen LogP contribution in [0.2, 0.25) is 0 Å². The number of amides is 1. The molecule has 1 unspecified atom stereocenters. The highest BCUT2D eigenvalue weighted by molar-refractivity contribution is 5.89. The number of benzene rings is 1. The maximum atomic E-state index is 13.3. The van der Waals surface area contributed by atoms with Gasteiger partial charge in [0.1, 0.15) is 0 Å². The van der Waals surface area contributed by atoms with Gasteiger partial charge in [0.05, 0.1) is 29.9 Å². The van der Waals surface area contributed by atoms with Crippen LogP contribution < -0.4 is 5.69 Å². The molecule has 1 aliphatic rings. The SMILES string of the molecule is COC(=O)c1ccc(-n2c(=O)n(C3CCN(C(=O)O)C3)c3ncccc32)cc1. The Balaban J connectivity index is 1.82. The highest BCUT2D eigenvalue weighted by atomic mass is 16.5. The number of carboxylic acid groups (broad SMARTS) is 1. The summed E-state index contributed by atoms with van der Waals surface area (Å²) in [6.45, 7) is 0.617. The van der Waals surface area contributed by atoms with Gasteiger partial charge in [0.25, 0.3) is 0 Å².